The van der Waals surface area contributed by atoms with Crippen LogP contribution in [0.2, 0.25) is 0 Å². The molecule has 88 valence electrons. The number of carbonyl (C=O) groups is 1. The van der Waals surface area contributed by atoms with Gasteiger partial charge in [0.2, 0.25) is 0 Å². The van der Waals surface area contributed by atoms with Crippen LogP contribution in [0.25, 0.3) is 5.69 Å². The van der Waals surface area contributed by atoms with Crippen molar-refractivity contribution in [3.63, 3.8) is 0 Å². The Hall–Kier alpha value is -1.89. The van der Waals surface area contributed by atoms with Gasteiger partial charge in [-0.2, -0.15) is 0 Å². The van der Waals surface area contributed by atoms with Crippen LogP contribution in [-0.4, -0.2) is 31.2 Å². The van der Waals surface area contributed by atoms with Crippen molar-refractivity contribution in [1.29, 1.82) is 0 Å². The molecule has 6 nitrogen and oxygen atoms in total. The lowest BCUT2D eigenvalue weighted by molar-refractivity contribution is -0.136. The second-order valence-electron chi connectivity index (χ2n) is 3.33. The SMILES string of the molecule is O=C(O)Cc1c(Br)nnn1-c1ccc(O)cc1. The van der Waals surface area contributed by atoms with E-state index in [9.17, 15) is 9.90 Å². The Labute approximate surface area is 105 Å². The molecule has 1 aromatic carbocycles. The lowest BCUT2D eigenvalue weighted by Gasteiger charge is -2.04. The number of hydrogen-bond donors (Lipinski definition) is 2. The van der Waals surface area contributed by atoms with Gasteiger partial charge in [0.15, 0.2) is 4.60 Å². The molecular formula is C10H8BrN3O3. The van der Waals surface area contributed by atoms with E-state index >= 15 is 0 Å². The van der Waals surface area contributed by atoms with E-state index in [1.165, 1.54) is 16.8 Å². The first-order valence-corrected chi connectivity index (χ1v) is 5.48. The van der Waals surface area contributed by atoms with Crippen molar-refractivity contribution in [2.45, 2.75) is 6.42 Å². The summed E-state index contributed by atoms with van der Waals surface area (Å²) in [7, 11) is 0. The molecule has 0 aliphatic carbocycles. The first-order chi connectivity index (χ1) is 8.08. The van der Waals surface area contributed by atoms with Crippen LogP contribution < -0.4 is 0 Å². The van der Waals surface area contributed by atoms with E-state index in [4.69, 9.17) is 5.11 Å². The zero-order chi connectivity index (χ0) is 12.4. The fourth-order valence-corrected chi connectivity index (χ4v) is 1.75. The second kappa shape index (κ2) is 4.54. The minimum Gasteiger partial charge on any atom is -0.508 e. The lowest BCUT2D eigenvalue weighted by atomic mass is 10.2. The number of phenolic OH excluding ortho intramolecular Hbond substituents is 1. The molecule has 0 fully saturated rings. The normalized spacial score (nSPS) is 10.4. The molecule has 0 spiro atoms. The third kappa shape index (κ3) is 2.44. The van der Waals surface area contributed by atoms with Gasteiger partial charge in [0, 0.05) is 0 Å². The Bertz CT molecular complexity index is 550. The van der Waals surface area contributed by atoms with E-state index in [0.29, 0.717) is 16.0 Å². The first kappa shape index (κ1) is 11.6. The zero-order valence-corrected chi connectivity index (χ0v) is 10.1. The summed E-state index contributed by atoms with van der Waals surface area (Å²) in [6.45, 7) is 0. The number of aromatic nitrogens is 3. The van der Waals surface area contributed by atoms with Gasteiger partial charge in [0.05, 0.1) is 17.8 Å². The largest absolute Gasteiger partial charge is 0.508 e. The molecule has 0 unspecified atom stereocenters. The quantitative estimate of drug-likeness (QED) is 0.893. The minimum absolute atomic E-state index is 0.132. The Morgan fingerprint density at radius 1 is 1.35 bits per heavy atom. The predicted molar refractivity (Wildman–Crippen MR) is 62.1 cm³/mol. The van der Waals surface area contributed by atoms with Crippen molar-refractivity contribution in [2.24, 2.45) is 0 Å². The summed E-state index contributed by atoms with van der Waals surface area (Å²) in [4.78, 5) is 10.7. The molecule has 1 aromatic heterocycles. The fourth-order valence-electron chi connectivity index (χ4n) is 1.38. The number of phenols is 1. The molecule has 2 aromatic rings. The number of halogens is 1. The van der Waals surface area contributed by atoms with Crippen molar-refractivity contribution >= 4 is 21.9 Å². The van der Waals surface area contributed by atoms with Crippen LogP contribution >= 0.6 is 15.9 Å². The van der Waals surface area contributed by atoms with Crippen LogP contribution in [0, 0.1) is 0 Å². The number of benzene rings is 1. The Balaban J connectivity index is 2.45. The second-order valence-corrected chi connectivity index (χ2v) is 4.08. The summed E-state index contributed by atoms with van der Waals surface area (Å²) in [5, 5.41) is 25.6. The van der Waals surface area contributed by atoms with Crippen LogP contribution in [0.5, 0.6) is 5.75 Å². The highest BCUT2D eigenvalue weighted by molar-refractivity contribution is 9.10. The van der Waals surface area contributed by atoms with Crippen LogP contribution in [-0.2, 0) is 11.2 Å². The van der Waals surface area contributed by atoms with Crippen LogP contribution in [0.3, 0.4) is 0 Å². The van der Waals surface area contributed by atoms with Gasteiger partial charge in [-0.25, -0.2) is 4.68 Å². The van der Waals surface area contributed by atoms with Gasteiger partial charge in [0.25, 0.3) is 0 Å². The molecule has 0 aliphatic rings. The maximum absolute atomic E-state index is 10.7. The number of hydrogen-bond acceptors (Lipinski definition) is 4. The highest BCUT2D eigenvalue weighted by Gasteiger charge is 2.15. The molecule has 2 rings (SSSR count). The van der Waals surface area contributed by atoms with Gasteiger partial charge in [-0.15, -0.1) is 5.10 Å². The molecule has 7 heteroatoms. The van der Waals surface area contributed by atoms with Gasteiger partial charge in [0.1, 0.15) is 5.75 Å². The number of nitrogens with zero attached hydrogens (tertiary/aromatic N) is 3. The molecule has 0 saturated heterocycles. The van der Waals surface area contributed by atoms with Crippen molar-refractivity contribution in [1.82, 2.24) is 15.0 Å². The van der Waals surface area contributed by atoms with Gasteiger partial charge in [-0.1, -0.05) is 5.21 Å². The zero-order valence-electron chi connectivity index (χ0n) is 8.54. The maximum atomic E-state index is 10.7. The van der Waals surface area contributed by atoms with Crippen LogP contribution in [0.1, 0.15) is 5.69 Å². The molecule has 2 N–H and O–H groups in total. The smallest absolute Gasteiger partial charge is 0.309 e. The van der Waals surface area contributed by atoms with E-state index in [-0.39, 0.29) is 12.2 Å². The van der Waals surface area contributed by atoms with E-state index in [2.05, 4.69) is 26.2 Å². The third-order valence-electron chi connectivity index (χ3n) is 2.13. The van der Waals surface area contributed by atoms with Crippen molar-refractivity contribution < 1.29 is 15.0 Å². The molecule has 17 heavy (non-hydrogen) atoms. The molecule has 0 bridgehead atoms. The van der Waals surface area contributed by atoms with Gasteiger partial charge >= 0.3 is 5.97 Å². The molecule has 0 saturated carbocycles. The highest BCUT2D eigenvalue weighted by atomic mass is 79.9. The van der Waals surface area contributed by atoms with Crippen LogP contribution in [0.15, 0.2) is 28.9 Å². The van der Waals surface area contributed by atoms with E-state index < -0.39 is 5.97 Å². The number of rotatable bonds is 3. The van der Waals surface area contributed by atoms with Gasteiger partial charge in [-0.05, 0) is 40.2 Å². The summed E-state index contributed by atoms with van der Waals surface area (Å²) in [5.41, 5.74) is 1.08. The molecule has 0 amide bonds. The standard InChI is InChI=1S/C10H8BrN3O3/c11-10-8(5-9(16)17)14(13-12-10)6-1-3-7(15)4-2-6/h1-4,15H,5H2,(H,16,17). The van der Waals surface area contributed by atoms with E-state index in [1.54, 1.807) is 12.1 Å². The average Bonchev–Trinajstić information content (AvgIpc) is 2.61. The minimum atomic E-state index is -0.965. The van der Waals surface area contributed by atoms with E-state index in [1.807, 2.05) is 0 Å². The molecule has 0 aliphatic heterocycles. The third-order valence-corrected chi connectivity index (χ3v) is 2.74. The number of aromatic hydroxyl groups is 1. The Morgan fingerprint density at radius 2 is 2.00 bits per heavy atom. The van der Waals surface area contributed by atoms with Crippen molar-refractivity contribution in [2.75, 3.05) is 0 Å². The Morgan fingerprint density at radius 3 is 2.59 bits per heavy atom. The monoisotopic (exact) mass is 297 g/mol. The number of carboxylic acids is 1. The highest BCUT2D eigenvalue weighted by Crippen LogP contribution is 2.19. The van der Waals surface area contributed by atoms with Gasteiger partial charge < -0.3 is 10.2 Å². The molecule has 0 atom stereocenters. The first-order valence-electron chi connectivity index (χ1n) is 4.69. The molecule has 1 heterocycles. The maximum Gasteiger partial charge on any atom is 0.309 e. The summed E-state index contributed by atoms with van der Waals surface area (Å²) < 4.78 is 1.81. The van der Waals surface area contributed by atoms with Crippen LogP contribution in [0.4, 0.5) is 0 Å². The predicted octanol–water partition coefficient (Wildman–Crippen LogP) is 1.36. The fraction of sp³-hybridized carbons (Fsp3) is 0.100. The van der Waals surface area contributed by atoms with Gasteiger partial charge in [-0.3, -0.25) is 4.79 Å². The van der Waals surface area contributed by atoms with Crippen molar-refractivity contribution in [3.8, 4) is 11.4 Å². The number of carboxylic acid groups (broad SMARTS) is 1. The van der Waals surface area contributed by atoms with Crippen molar-refractivity contribution in [3.05, 3.63) is 34.6 Å². The molecule has 0 radical (unpaired) electrons. The van der Waals surface area contributed by atoms with E-state index in [0.717, 1.165) is 0 Å². The topological polar surface area (TPSA) is 88.2 Å². The lowest BCUT2D eigenvalue weighted by Crippen LogP contribution is -2.08. The Kier molecular flexibility index (Phi) is 3.10. The summed E-state index contributed by atoms with van der Waals surface area (Å²) >= 11 is 3.15. The summed E-state index contributed by atoms with van der Waals surface area (Å²) in [6.07, 6.45) is -0.186. The average molecular weight is 298 g/mol. The summed E-state index contributed by atoms with van der Waals surface area (Å²) in [6, 6.07) is 6.24. The molecular weight excluding hydrogens is 290 g/mol. The summed E-state index contributed by atoms with van der Waals surface area (Å²) in [5.74, 6) is -0.833. The number of aliphatic carboxylic acids is 1.